The first-order valence-electron chi connectivity index (χ1n) is 10.1. The summed E-state index contributed by atoms with van der Waals surface area (Å²) in [7, 11) is 6.13. The number of hydrogen-bond donors (Lipinski definition) is 0. The molecule has 0 saturated heterocycles. The first-order valence-corrected chi connectivity index (χ1v) is 10.9. The third kappa shape index (κ3) is 4.41. The van der Waals surface area contributed by atoms with Crippen LogP contribution in [-0.2, 0) is 5.41 Å². The van der Waals surface area contributed by atoms with Gasteiger partial charge in [0, 0.05) is 11.1 Å². The van der Waals surface area contributed by atoms with Crippen molar-refractivity contribution in [2.45, 2.75) is 40.0 Å². The molecular formula is C24H32F2O5Si. The molecule has 0 unspecified atom stereocenters. The summed E-state index contributed by atoms with van der Waals surface area (Å²) in [5.41, 5.74) is 1.57. The number of ether oxygens (including phenoxy) is 4. The van der Waals surface area contributed by atoms with Crippen LogP contribution in [0.1, 0.15) is 48.6 Å². The van der Waals surface area contributed by atoms with E-state index in [0.717, 1.165) is 5.56 Å². The van der Waals surface area contributed by atoms with Gasteiger partial charge in [0.2, 0.25) is 16.2 Å². The minimum atomic E-state index is -1.06. The fourth-order valence-corrected chi connectivity index (χ4v) is 4.20. The van der Waals surface area contributed by atoms with Crippen LogP contribution in [0.5, 0.6) is 28.7 Å². The highest BCUT2D eigenvalue weighted by Gasteiger charge is 2.32. The zero-order valence-electron chi connectivity index (χ0n) is 20.5. The molecule has 0 bridgehead atoms. The molecule has 0 atom stereocenters. The first kappa shape index (κ1) is 25.5. The number of halogens is 2. The van der Waals surface area contributed by atoms with Crippen molar-refractivity contribution in [1.29, 1.82) is 0 Å². The van der Waals surface area contributed by atoms with Crippen molar-refractivity contribution in [3.05, 3.63) is 39.9 Å². The topological polar surface area (TPSA) is 46.2 Å². The molecule has 5 nitrogen and oxygen atoms in total. The van der Waals surface area contributed by atoms with Gasteiger partial charge >= 0.3 is 0 Å². The maximum atomic E-state index is 15.8. The van der Waals surface area contributed by atoms with E-state index in [1.54, 1.807) is 14.0 Å². The molecule has 8 heteroatoms. The van der Waals surface area contributed by atoms with Crippen molar-refractivity contribution >= 4 is 22.1 Å². The van der Waals surface area contributed by atoms with Crippen LogP contribution in [0.4, 0.5) is 8.78 Å². The average molecular weight is 467 g/mol. The summed E-state index contributed by atoms with van der Waals surface area (Å²) in [6.45, 7) is 9.49. The molecule has 0 aliphatic carbocycles. The Morgan fingerprint density at radius 2 is 1.25 bits per heavy atom. The maximum Gasteiger partial charge on any atom is 0.204 e. The standard InChI is InChI=1S/C24H32F2O5Si/c1-12-13(2)21(29-8)18(24(3,4)5)23(31-32)17(12)20(26)19(25)14-10-15(27-6)22(30-9)16(11-14)28-7/h10-11H,1-9,32H3/b20-19-. The Balaban J connectivity index is 2.93. The van der Waals surface area contributed by atoms with Crippen molar-refractivity contribution in [2.24, 2.45) is 0 Å². The molecule has 0 fully saturated rings. The van der Waals surface area contributed by atoms with Crippen molar-refractivity contribution < 1.29 is 32.2 Å². The highest BCUT2D eigenvalue weighted by Crippen LogP contribution is 2.49. The van der Waals surface area contributed by atoms with E-state index < -0.39 is 17.1 Å². The number of hydrogen-bond acceptors (Lipinski definition) is 5. The number of methoxy groups -OCH3 is 4. The van der Waals surface area contributed by atoms with Crippen LogP contribution in [-0.4, -0.2) is 38.9 Å². The fourth-order valence-electron chi connectivity index (χ4n) is 3.79. The molecule has 32 heavy (non-hydrogen) atoms. The van der Waals surface area contributed by atoms with E-state index in [-0.39, 0.29) is 33.1 Å². The van der Waals surface area contributed by atoms with Crippen molar-refractivity contribution in [3.63, 3.8) is 0 Å². The summed E-state index contributed by atoms with van der Waals surface area (Å²) in [6, 6.07) is 2.74. The van der Waals surface area contributed by atoms with Gasteiger partial charge in [0.15, 0.2) is 23.2 Å². The van der Waals surface area contributed by atoms with Crippen molar-refractivity contribution in [1.82, 2.24) is 0 Å². The van der Waals surface area contributed by atoms with E-state index >= 15 is 8.78 Å². The maximum absolute atomic E-state index is 15.8. The zero-order valence-corrected chi connectivity index (χ0v) is 22.5. The molecule has 0 aromatic heterocycles. The Labute approximate surface area is 191 Å². The van der Waals surface area contributed by atoms with Gasteiger partial charge in [-0.05, 0) is 42.5 Å². The van der Waals surface area contributed by atoms with Crippen LogP contribution in [0, 0.1) is 13.8 Å². The van der Waals surface area contributed by atoms with Gasteiger partial charge in [-0.25, -0.2) is 8.78 Å². The van der Waals surface area contributed by atoms with E-state index in [2.05, 4.69) is 0 Å². The van der Waals surface area contributed by atoms with Crippen LogP contribution >= 0.6 is 0 Å². The monoisotopic (exact) mass is 466 g/mol. The second kappa shape index (κ2) is 9.81. The molecule has 2 aromatic carbocycles. The largest absolute Gasteiger partial charge is 0.552 e. The Bertz CT molecular complexity index is 1020. The molecule has 2 aromatic rings. The molecule has 0 heterocycles. The molecule has 0 aliphatic heterocycles. The number of rotatable bonds is 7. The van der Waals surface area contributed by atoms with Gasteiger partial charge in [-0.15, -0.1) is 0 Å². The summed E-state index contributed by atoms with van der Waals surface area (Å²) in [5, 5.41) is 0. The van der Waals surface area contributed by atoms with Crippen LogP contribution in [0.3, 0.4) is 0 Å². The Kier molecular flexibility index (Phi) is 7.82. The Morgan fingerprint density at radius 1 is 0.750 bits per heavy atom. The third-order valence-corrected chi connectivity index (χ3v) is 5.86. The summed E-state index contributed by atoms with van der Waals surface area (Å²) in [4.78, 5) is 0. The van der Waals surface area contributed by atoms with Gasteiger partial charge in [0.05, 0.1) is 34.0 Å². The van der Waals surface area contributed by atoms with E-state index in [1.807, 2.05) is 27.7 Å². The van der Waals surface area contributed by atoms with Crippen molar-refractivity contribution in [2.75, 3.05) is 28.4 Å². The van der Waals surface area contributed by atoms with Crippen molar-refractivity contribution in [3.8, 4) is 28.7 Å². The van der Waals surface area contributed by atoms with Crippen LogP contribution < -0.4 is 23.4 Å². The Morgan fingerprint density at radius 3 is 1.62 bits per heavy atom. The SMILES string of the molecule is COc1cc(/C(F)=C(/F)c2c(C)c(C)c(OC)c(C(C)(C)C)c2O[SiH3])cc(OC)c1OC. The minimum absolute atomic E-state index is 0.0403. The minimum Gasteiger partial charge on any atom is -0.552 e. The van der Waals surface area contributed by atoms with E-state index in [0.29, 0.717) is 28.4 Å². The highest BCUT2D eigenvalue weighted by molar-refractivity contribution is 6.01. The van der Waals surface area contributed by atoms with Gasteiger partial charge in [0.25, 0.3) is 0 Å². The lowest BCUT2D eigenvalue weighted by molar-refractivity contribution is 0.324. The molecule has 2 rings (SSSR count). The zero-order chi connectivity index (χ0) is 24.4. The van der Waals surface area contributed by atoms with Gasteiger partial charge in [-0.3, -0.25) is 0 Å². The molecule has 0 saturated carbocycles. The van der Waals surface area contributed by atoms with Crippen LogP contribution in [0.25, 0.3) is 11.7 Å². The number of benzene rings is 2. The van der Waals surface area contributed by atoms with Gasteiger partial charge in [-0.2, -0.15) is 0 Å². The summed E-state index contributed by atoms with van der Waals surface area (Å²) in [6.07, 6.45) is 0. The quantitative estimate of drug-likeness (QED) is 0.422. The van der Waals surface area contributed by atoms with Gasteiger partial charge < -0.3 is 23.4 Å². The lowest BCUT2D eigenvalue weighted by Gasteiger charge is -2.29. The molecule has 0 radical (unpaired) electrons. The van der Waals surface area contributed by atoms with E-state index in [4.69, 9.17) is 23.4 Å². The molecule has 176 valence electrons. The lowest BCUT2D eigenvalue weighted by atomic mass is 9.81. The van der Waals surface area contributed by atoms with E-state index in [1.165, 1.54) is 33.5 Å². The van der Waals surface area contributed by atoms with Crippen LogP contribution in [0.2, 0.25) is 0 Å². The smallest absolute Gasteiger partial charge is 0.204 e. The molecule has 0 spiro atoms. The molecule has 0 amide bonds. The second-order valence-corrected chi connectivity index (χ2v) is 8.77. The lowest BCUT2D eigenvalue weighted by Crippen LogP contribution is -2.17. The second-order valence-electron chi connectivity index (χ2n) is 8.36. The summed E-state index contributed by atoms with van der Waals surface area (Å²) < 4.78 is 58.7. The van der Waals surface area contributed by atoms with Gasteiger partial charge in [-0.1, -0.05) is 20.8 Å². The van der Waals surface area contributed by atoms with Crippen LogP contribution in [0.15, 0.2) is 12.1 Å². The third-order valence-electron chi connectivity index (χ3n) is 5.45. The molecular weight excluding hydrogens is 434 g/mol. The first-order chi connectivity index (χ1) is 15.0. The predicted molar refractivity (Wildman–Crippen MR) is 127 cm³/mol. The molecule has 0 N–H and O–H groups in total. The average Bonchev–Trinajstić information content (AvgIpc) is 2.77. The highest BCUT2D eigenvalue weighted by atomic mass is 28.2. The molecule has 0 aliphatic rings. The predicted octanol–water partition coefficient (Wildman–Crippen LogP) is 5.06. The fraction of sp³-hybridized carbons (Fsp3) is 0.417. The Hall–Kier alpha value is -2.74. The summed E-state index contributed by atoms with van der Waals surface area (Å²) >= 11 is 0. The summed E-state index contributed by atoms with van der Waals surface area (Å²) in [5.74, 6) is -0.433. The normalized spacial score (nSPS) is 12.3. The van der Waals surface area contributed by atoms with Gasteiger partial charge in [0.1, 0.15) is 11.5 Å². The van der Waals surface area contributed by atoms with E-state index in [9.17, 15) is 0 Å².